The molecule has 0 aliphatic carbocycles. The van der Waals surface area contributed by atoms with Gasteiger partial charge in [0.2, 0.25) is 11.8 Å². The van der Waals surface area contributed by atoms with Crippen LogP contribution in [0.1, 0.15) is 66.2 Å². The Morgan fingerprint density at radius 2 is 1.90 bits per heavy atom. The van der Waals surface area contributed by atoms with Gasteiger partial charge in [-0.2, -0.15) is 0 Å². The van der Waals surface area contributed by atoms with Crippen LogP contribution in [0.25, 0.3) is 0 Å². The minimum absolute atomic E-state index is 0.00490. The highest BCUT2D eigenvalue weighted by atomic mass is 16.2. The van der Waals surface area contributed by atoms with E-state index in [4.69, 9.17) is 0 Å². The topological polar surface area (TPSA) is 49.4 Å². The van der Waals surface area contributed by atoms with Crippen LogP contribution >= 0.6 is 0 Å². The molecule has 1 aliphatic heterocycles. The number of hydrogen-bond donors (Lipinski definition) is 1. The van der Waals surface area contributed by atoms with Crippen molar-refractivity contribution in [1.82, 2.24) is 10.2 Å². The molecule has 1 fully saturated rings. The van der Waals surface area contributed by atoms with Gasteiger partial charge in [-0.1, -0.05) is 47.0 Å². The lowest BCUT2D eigenvalue weighted by Crippen LogP contribution is -2.50. The van der Waals surface area contributed by atoms with E-state index in [1.165, 1.54) is 0 Å². The van der Waals surface area contributed by atoms with E-state index in [1.807, 2.05) is 18.7 Å². The maximum Gasteiger partial charge on any atom is 0.245 e. The summed E-state index contributed by atoms with van der Waals surface area (Å²) in [5.74, 6) is 0.256. The first-order chi connectivity index (χ1) is 9.51. The molecular formula is C16H30N2O2. The third-order valence-electron chi connectivity index (χ3n) is 4.07. The van der Waals surface area contributed by atoms with Crippen LogP contribution in [0.15, 0.2) is 0 Å². The van der Waals surface area contributed by atoms with Crippen LogP contribution in [0.4, 0.5) is 0 Å². The van der Waals surface area contributed by atoms with Crippen molar-refractivity contribution in [2.75, 3.05) is 6.54 Å². The second kappa shape index (κ2) is 8.28. The van der Waals surface area contributed by atoms with Gasteiger partial charge in [-0.15, -0.1) is 0 Å². The van der Waals surface area contributed by atoms with E-state index in [0.29, 0.717) is 19.0 Å². The molecule has 2 atom stereocenters. The molecule has 0 aromatic carbocycles. The van der Waals surface area contributed by atoms with Crippen molar-refractivity contribution >= 4 is 11.8 Å². The van der Waals surface area contributed by atoms with E-state index in [0.717, 1.165) is 32.1 Å². The minimum Gasteiger partial charge on any atom is -0.344 e. The number of hydrogen-bond acceptors (Lipinski definition) is 2. The summed E-state index contributed by atoms with van der Waals surface area (Å²) in [5, 5.41) is 2.88. The molecule has 1 N–H and O–H groups in total. The third kappa shape index (κ3) is 4.50. The number of nitrogens with one attached hydrogen (secondary N) is 1. The summed E-state index contributed by atoms with van der Waals surface area (Å²) in [6.07, 6.45) is 5.88. The van der Waals surface area contributed by atoms with Crippen molar-refractivity contribution in [1.29, 1.82) is 0 Å². The SMILES string of the molecule is CCCCC(CCC)N1CCC(=O)NC(C(C)C)C1=O. The predicted molar refractivity (Wildman–Crippen MR) is 81.3 cm³/mol. The Kier molecular flexibility index (Phi) is 7.03. The van der Waals surface area contributed by atoms with Crippen LogP contribution in [-0.4, -0.2) is 35.3 Å². The van der Waals surface area contributed by atoms with Crippen molar-refractivity contribution in [3.63, 3.8) is 0 Å². The zero-order valence-corrected chi connectivity index (χ0v) is 13.4. The molecule has 0 aromatic rings. The summed E-state index contributed by atoms with van der Waals surface area (Å²) in [5.41, 5.74) is 0. The molecule has 0 saturated carbocycles. The molecule has 0 radical (unpaired) electrons. The van der Waals surface area contributed by atoms with Crippen LogP contribution in [0.5, 0.6) is 0 Å². The fraction of sp³-hybridized carbons (Fsp3) is 0.875. The Balaban J connectivity index is 2.86. The van der Waals surface area contributed by atoms with Gasteiger partial charge in [0.25, 0.3) is 0 Å². The maximum absolute atomic E-state index is 12.7. The van der Waals surface area contributed by atoms with Crippen LogP contribution in [0, 0.1) is 5.92 Å². The van der Waals surface area contributed by atoms with E-state index < -0.39 is 0 Å². The van der Waals surface area contributed by atoms with Crippen molar-refractivity contribution in [3.8, 4) is 0 Å². The highest BCUT2D eigenvalue weighted by Crippen LogP contribution is 2.20. The van der Waals surface area contributed by atoms with Gasteiger partial charge < -0.3 is 10.2 Å². The van der Waals surface area contributed by atoms with Crippen molar-refractivity contribution in [2.45, 2.75) is 78.3 Å². The first-order valence-corrected chi connectivity index (χ1v) is 8.11. The first-order valence-electron chi connectivity index (χ1n) is 8.11. The summed E-state index contributed by atoms with van der Waals surface area (Å²) in [4.78, 5) is 26.5. The van der Waals surface area contributed by atoms with Crippen LogP contribution in [-0.2, 0) is 9.59 Å². The largest absolute Gasteiger partial charge is 0.344 e. The lowest BCUT2D eigenvalue weighted by molar-refractivity contribution is -0.137. The fourth-order valence-corrected chi connectivity index (χ4v) is 2.86. The molecule has 1 heterocycles. The Hall–Kier alpha value is -1.06. The van der Waals surface area contributed by atoms with Gasteiger partial charge in [-0.25, -0.2) is 0 Å². The molecule has 116 valence electrons. The second-order valence-electron chi connectivity index (χ2n) is 6.16. The monoisotopic (exact) mass is 282 g/mol. The lowest BCUT2D eigenvalue weighted by Gasteiger charge is -2.33. The molecule has 0 bridgehead atoms. The van der Waals surface area contributed by atoms with Crippen molar-refractivity contribution in [2.24, 2.45) is 5.92 Å². The van der Waals surface area contributed by atoms with E-state index in [2.05, 4.69) is 19.2 Å². The molecule has 4 nitrogen and oxygen atoms in total. The van der Waals surface area contributed by atoms with Gasteiger partial charge in [0.15, 0.2) is 0 Å². The molecule has 1 rings (SSSR count). The highest BCUT2D eigenvalue weighted by molar-refractivity contribution is 5.90. The molecule has 20 heavy (non-hydrogen) atoms. The highest BCUT2D eigenvalue weighted by Gasteiger charge is 2.34. The van der Waals surface area contributed by atoms with E-state index in [9.17, 15) is 9.59 Å². The van der Waals surface area contributed by atoms with Crippen molar-refractivity contribution < 1.29 is 9.59 Å². The smallest absolute Gasteiger partial charge is 0.245 e. The quantitative estimate of drug-likeness (QED) is 0.780. The number of carbonyl (C=O) groups excluding carboxylic acids is 2. The lowest BCUT2D eigenvalue weighted by atomic mass is 9.99. The Labute approximate surface area is 123 Å². The number of nitrogens with zero attached hydrogens (tertiary/aromatic N) is 1. The van der Waals surface area contributed by atoms with Gasteiger partial charge in [-0.05, 0) is 18.8 Å². The first kappa shape index (κ1) is 17.0. The van der Waals surface area contributed by atoms with E-state index in [1.54, 1.807) is 0 Å². The van der Waals surface area contributed by atoms with Gasteiger partial charge in [-0.3, -0.25) is 9.59 Å². The number of unbranched alkanes of at least 4 members (excludes halogenated alkanes) is 1. The maximum atomic E-state index is 12.7. The third-order valence-corrected chi connectivity index (χ3v) is 4.07. The summed E-state index contributed by atoms with van der Waals surface area (Å²) in [6.45, 7) is 8.89. The Bertz CT molecular complexity index is 328. The number of amides is 2. The van der Waals surface area contributed by atoms with Gasteiger partial charge in [0.1, 0.15) is 6.04 Å². The number of rotatable bonds is 7. The van der Waals surface area contributed by atoms with E-state index >= 15 is 0 Å². The van der Waals surface area contributed by atoms with Crippen LogP contribution in [0.2, 0.25) is 0 Å². The molecule has 4 heteroatoms. The van der Waals surface area contributed by atoms with Crippen LogP contribution < -0.4 is 5.32 Å². The second-order valence-corrected chi connectivity index (χ2v) is 6.16. The Morgan fingerprint density at radius 1 is 1.20 bits per heavy atom. The number of carbonyl (C=O) groups is 2. The predicted octanol–water partition coefficient (Wildman–Crippen LogP) is 2.72. The zero-order chi connectivity index (χ0) is 15.1. The summed E-state index contributed by atoms with van der Waals surface area (Å²) in [6, 6.07) is -0.0626. The van der Waals surface area contributed by atoms with Gasteiger partial charge in [0.05, 0.1) is 0 Å². The molecule has 1 aliphatic rings. The summed E-state index contributed by atoms with van der Waals surface area (Å²) < 4.78 is 0. The van der Waals surface area contributed by atoms with E-state index in [-0.39, 0.29) is 23.8 Å². The summed E-state index contributed by atoms with van der Waals surface area (Å²) in [7, 11) is 0. The average Bonchev–Trinajstić information content (AvgIpc) is 2.55. The van der Waals surface area contributed by atoms with Gasteiger partial charge >= 0.3 is 0 Å². The molecular weight excluding hydrogens is 252 g/mol. The molecule has 2 unspecified atom stereocenters. The molecule has 0 spiro atoms. The van der Waals surface area contributed by atoms with Crippen molar-refractivity contribution in [3.05, 3.63) is 0 Å². The standard InChI is InChI=1S/C16H30N2O2/c1-5-7-9-13(8-6-2)18-11-10-14(19)17-15(12(3)4)16(18)20/h12-13,15H,5-11H2,1-4H3,(H,17,19). The molecule has 0 aromatic heterocycles. The molecule has 1 saturated heterocycles. The normalized spacial score (nSPS) is 21.9. The fourth-order valence-electron chi connectivity index (χ4n) is 2.86. The van der Waals surface area contributed by atoms with Gasteiger partial charge in [0, 0.05) is 19.0 Å². The zero-order valence-electron chi connectivity index (χ0n) is 13.4. The molecule has 2 amide bonds. The average molecular weight is 282 g/mol. The van der Waals surface area contributed by atoms with Crippen LogP contribution in [0.3, 0.4) is 0 Å². The Morgan fingerprint density at radius 3 is 2.45 bits per heavy atom. The summed E-state index contributed by atoms with van der Waals surface area (Å²) >= 11 is 0. The minimum atomic E-state index is -0.356.